The standard InChI is InChI=1S/C24H21ClN4O2S/c1-15-19-14-22(32-24(19)29(27-15)17-5-3-2-4-6-17)23(31)26-16-7-8-21(20(25)13-16)28-11-9-18(30)10-12-28/h2-8,13-14H,9-12H2,1H3,(H,26,31). The van der Waals surface area contributed by atoms with Gasteiger partial charge >= 0.3 is 0 Å². The van der Waals surface area contributed by atoms with Crippen LogP contribution in [0.25, 0.3) is 15.9 Å². The van der Waals surface area contributed by atoms with E-state index in [0.717, 1.165) is 27.3 Å². The predicted octanol–water partition coefficient (Wildman–Crippen LogP) is 5.47. The number of fused-ring (bicyclic) bond motifs is 1. The van der Waals surface area contributed by atoms with Gasteiger partial charge in [-0.15, -0.1) is 11.3 Å². The van der Waals surface area contributed by atoms with Crippen LogP contribution in [0.3, 0.4) is 0 Å². The number of rotatable bonds is 4. The minimum Gasteiger partial charge on any atom is -0.369 e. The first-order valence-corrected chi connectivity index (χ1v) is 11.6. The molecule has 1 fully saturated rings. The topological polar surface area (TPSA) is 67.2 Å². The van der Waals surface area contributed by atoms with Crippen molar-refractivity contribution in [2.45, 2.75) is 19.8 Å². The summed E-state index contributed by atoms with van der Waals surface area (Å²) in [4.78, 5) is 28.1. The van der Waals surface area contributed by atoms with Crippen molar-refractivity contribution in [2.24, 2.45) is 0 Å². The number of ketones is 1. The number of benzene rings is 2. The van der Waals surface area contributed by atoms with Gasteiger partial charge in [0.05, 0.1) is 27.0 Å². The van der Waals surface area contributed by atoms with Crippen molar-refractivity contribution in [1.29, 1.82) is 0 Å². The molecule has 0 atom stereocenters. The van der Waals surface area contributed by atoms with Crippen LogP contribution < -0.4 is 10.2 Å². The van der Waals surface area contributed by atoms with E-state index < -0.39 is 0 Å². The monoisotopic (exact) mass is 464 g/mol. The molecule has 1 saturated heterocycles. The number of hydrogen-bond acceptors (Lipinski definition) is 5. The molecule has 2 aromatic carbocycles. The van der Waals surface area contributed by atoms with Gasteiger partial charge in [-0.25, -0.2) is 4.68 Å². The summed E-state index contributed by atoms with van der Waals surface area (Å²) in [6.45, 7) is 3.29. The molecule has 162 valence electrons. The first kappa shape index (κ1) is 20.7. The highest BCUT2D eigenvalue weighted by Gasteiger charge is 2.20. The molecule has 8 heteroatoms. The maximum atomic E-state index is 13.0. The largest absolute Gasteiger partial charge is 0.369 e. The molecule has 6 nitrogen and oxygen atoms in total. The summed E-state index contributed by atoms with van der Waals surface area (Å²) in [5, 5.41) is 9.11. The fraction of sp³-hybridized carbons (Fsp3) is 0.208. The van der Waals surface area contributed by atoms with Gasteiger partial charge in [0, 0.05) is 37.0 Å². The highest BCUT2D eigenvalue weighted by molar-refractivity contribution is 7.20. The van der Waals surface area contributed by atoms with Crippen LogP contribution in [0.15, 0.2) is 54.6 Å². The third-order valence-corrected chi connectivity index (χ3v) is 7.05. The summed E-state index contributed by atoms with van der Waals surface area (Å²) < 4.78 is 1.88. The van der Waals surface area contributed by atoms with Crippen LogP contribution in [0, 0.1) is 6.92 Å². The highest BCUT2D eigenvalue weighted by atomic mass is 35.5. The summed E-state index contributed by atoms with van der Waals surface area (Å²) >= 11 is 7.91. The lowest BCUT2D eigenvalue weighted by molar-refractivity contribution is -0.119. The predicted molar refractivity (Wildman–Crippen MR) is 130 cm³/mol. The second-order valence-corrected chi connectivity index (χ2v) is 9.25. The number of carbonyl (C=O) groups is 2. The van der Waals surface area contributed by atoms with Gasteiger partial charge in [-0.05, 0) is 43.3 Å². The Morgan fingerprint density at radius 3 is 2.56 bits per heavy atom. The van der Waals surface area contributed by atoms with Crippen LogP contribution in [0.5, 0.6) is 0 Å². The van der Waals surface area contributed by atoms with E-state index in [0.29, 0.717) is 41.5 Å². The Morgan fingerprint density at radius 1 is 1.09 bits per heavy atom. The van der Waals surface area contributed by atoms with Gasteiger partial charge in [-0.3, -0.25) is 9.59 Å². The number of aryl methyl sites for hydroxylation is 1. The molecular weight excluding hydrogens is 444 g/mol. The molecule has 3 heterocycles. The van der Waals surface area contributed by atoms with Gasteiger partial charge in [-0.1, -0.05) is 29.8 Å². The smallest absolute Gasteiger partial charge is 0.265 e. The molecule has 1 amide bonds. The highest BCUT2D eigenvalue weighted by Crippen LogP contribution is 2.33. The second kappa shape index (κ2) is 8.41. The Bertz CT molecular complexity index is 1320. The average molecular weight is 465 g/mol. The fourth-order valence-corrected chi connectivity index (χ4v) is 5.31. The van der Waals surface area contributed by atoms with Crippen molar-refractivity contribution < 1.29 is 9.59 Å². The van der Waals surface area contributed by atoms with E-state index in [-0.39, 0.29) is 11.7 Å². The molecule has 1 aliphatic rings. The number of thiophene rings is 1. The van der Waals surface area contributed by atoms with Gasteiger partial charge in [0.2, 0.25) is 0 Å². The van der Waals surface area contributed by atoms with E-state index >= 15 is 0 Å². The summed E-state index contributed by atoms with van der Waals surface area (Å²) in [6, 6.07) is 17.3. The van der Waals surface area contributed by atoms with Gasteiger partial charge in [-0.2, -0.15) is 5.10 Å². The van der Waals surface area contributed by atoms with Gasteiger partial charge in [0.1, 0.15) is 10.6 Å². The van der Waals surface area contributed by atoms with Crippen molar-refractivity contribution in [2.75, 3.05) is 23.3 Å². The van der Waals surface area contributed by atoms with Crippen molar-refractivity contribution in [3.63, 3.8) is 0 Å². The SMILES string of the molecule is Cc1nn(-c2ccccc2)c2sc(C(=O)Nc3ccc(N4CCC(=O)CC4)c(Cl)c3)cc12. The number of Topliss-reactive ketones (excluding diaryl/α,β-unsaturated/α-hetero) is 1. The zero-order chi connectivity index (χ0) is 22.2. The van der Waals surface area contributed by atoms with Gasteiger partial charge < -0.3 is 10.2 Å². The molecule has 4 aromatic rings. The second-order valence-electron chi connectivity index (χ2n) is 7.81. The minimum atomic E-state index is -0.183. The van der Waals surface area contributed by atoms with E-state index in [1.54, 1.807) is 6.07 Å². The number of piperidine rings is 1. The number of anilines is 2. The lowest BCUT2D eigenvalue weighted by Crippen LogP contribution is -2.33. The van der Waals surface area contributed by atoms with E-state index in [1.165, 1.54) is 11.3 Å². The number of hydrogen-bond donors (Lipinski definition) is 1. The fourth-order valence-electron chi connectivity index (χ4n) is 3.93. The normalized spacial score (nSPS) is 14.2. The number of nitrogens with zero attached hydrogens (tertiary/aromatic N) is 3. The summed E-state index contributed by atoms with van der Waals surface area (Å²) in [6.07, 6.45) is 1.08. The Balaban J connectivity index is 1.37. The number of aromatic nitrogens is 2. The molecule has 0 aliphatic carbocycles. The molecule has 0 saturated carbocycles. The lowest BCUT2D eigenvalue weighted by Gasteiger charge is -2.29. The van der Waals surface area contributed by atoms with Gasteiger partial charge in [0.25, 0.3) is 5.91 Å². The van der Waals surface area contributed by atoms with Crippen LogP contribution in [-0.2, 0) is 4.79 Å². The van der Waals surface area contributed by atoms with Gasteiger partial charge in [0.15, 0.2) is 0 Å². The first-order valence-electron chi connectivity index (χ1n) is 10.4. The third-order valence-electron chi connectivity index (χ3n) is 5.64. The molecule has 0 radical (unpaired) electrons. The maximum Gasteiger partial charge on any atom is 0.265 e. The molecule has 32 heavy (non-hydrogen) atoms. The molecule has 0 spiro atoms. The Kier molecular flexibility index (Phi) is 5.45. The van der Waals surface area contributed by atoms with Crippen molar-refractivity contribution in [3.8, 4) is 5.69 Å². The average Bonchev–Trinajstić information content (AvgIpc) is 3.36. The zero-order valence-corrected chi connectivity index (χ0v) is 19.0. The quantitative estimate of drug-likeness (QED) is 0.435. The zero-order valence-electron chi connectivity index (χ0n) is 17.5. The summed E-state index contributed by atoms with van der Waals surface area (Å²) in [5.41, 5.74) is 3.36. The number of halogens is 1. The number of amides is 1. The molecule has 1 aliphatic heterocycles. The Hall–Kier alpha value is -3.16. The Morgan fingerprint density at radius 2 is 1.84 bits per heavy atom. The summed E-state index contributed by atoms with van der Waals surface area (Å²) in [7, 11) is 0. The number of carbonyl (C=O) groups excluding carboxylic acids is 2. The van der Waals surface area contributed by atoms with Crippen molar-refractivity contribution in [1.82, 2.24) is 9.78 Å². The molecule has 0 unspecified atom stereocenters. The van der Waals surface area contributed by atoms with Crippen LogP contribution >= 0.6 is 22.9 Å². The Labute approximate surface area is 194 Å². The number of nitrogens with one attached hydrogen (secondary N) is 1. The van der Waals surface area contributed by atoms with Crippen molar-refractivity contribution in [3.05, 3.63) is 70.2 Å². The van der Waals surface area contributed by atoms with E-state index in [4.69, 9.17) is 11.6 Å². The third kappa shape index (κ3) is 3.89. The maximum absolute atomic E-state index is 13.0. The van der Waals surface area contributed by atoms with Crippen LogP contribution in [0.4, 0.5) is 11.4 Å². The molecule has 2 aromatic heterocycles. The lowest BCUT2D eigenvalue weighted by atomic mass is 10.1. The first-order chi connectivity index (χ1) is 15.5. The van der Waals surface area contributed by atoms with Crippen LogP contribution in [0.2, 0.25) is 5.02 Å². The minimum absolute atomic E-state index is 0.183. The number of para-hydroxylation sites is 1. The molecule has 5 rings (SSSR count). The van der Waals surface area contributed by atoms with E-state index in [1.807, 2.05) is 60.1 Å². The van der Waals surface area contributed by atoms with E-state index in [2.05, 4.69) is 15.3 Å². The molecule has 1 N–H and O–H groups in total. The van der Waals surface area contributed by atoms with E-state index in [9.17, 15) is 9.59 Å². The van der Waals surface area contributed by atoms with Crippen molar-refractivity contribution >= 4 is 56.2 Å². The summed E-state index contributed by atoms with van der Waals surface area (Å²) in [5.74, 6) is 0.104. The van der Waals surface area contributed by atoms with Crippen LogP contribution in [-0.4, -0.2) is 34.6 Å². The molecular formula is C24H21ClN4O2S. The molecule has 0 bridgehead atoms. The van der Waals surface area contributed by atoms with Crippen LogP contribution in [0.1, 0.15) is 28.2 Å².